The fourth-order valence-corrected chi connectivity index (χ4v) is 6.30. The molecule has 0 aliphatic heterocycles. The van der Waals surface area contributed by atoms with Crippen LogP contribution in [0.5, 0.6) is 11.5 Å². The minimum atomic E-state index is -0.297. The third kappa shape index (κ3) is 10.8. The molecule has 0 aliphatic carbocycles. The highest BCUT2D eigenvalue weighted by atomic mass is 16.3. The zero-order valence-electron chi connectivity index (χ0n) is 31.0. The molecule has 0 bridgehead atoms. The van der Waals surface area contributed by atoms with E-state index in [0.717, 1.165) is 59.1 Å². The molecule has 2 rings (SSSR count). The number of amides is 2. The predicted molar refractivity (Wildman–Crippen MR) is 191 cm³/mol. The number of hydrogen-bond donors (Lipinski definition) is 4. The number of unbranched alkanes of at least 4 members (excludes halogenated alkanes) is 3. The van der Waals surface area contributed by atoms with Gasteiger partial charge in [-0.05, 0) is 80.7 Å². The van der Waals surface area contributed by atoms with Gasteiger partial charge in [0.05, 0.1) is 0 Å². The Kier molecular flexibility index (Phi) is 12.6. The topological polar surface area (TPSA) is 127 Å². The second-order valence-corrected chi connectivity index (χ2v) is 17.7. The number of rotatable bonds is 13. The molecule has 2 aromatic rings. The van der Waals surface area contributed by atoms with Gasteiger partial charge < -0.3 is 21.7 Å². The van der Waals surface area contributed by atoms with Crippen LogP contribution in [0.15, 0.2) is 24.3 Å². The van der Waals surface area contributed by atoms with Gasteiger partial charge >= 0.3 is 0 Å². The molecule has 0 fully saturated rings. The quantitative estimate of drug-likeness (QED) is 0.164. The van der Waals surface area contributed by atoms with Crippen LogP contribution < -0.4 is 11.5 Å². The first-order valence-electron chi connectivity index (χ1n) is 17.2. The summed E-state index contributed by atoms with van der Waals surface area (Å²) in [6, 6.07) is 8.14. The van der Waals surface area contributed by atoms with E-state index in [4.69, 9.17) is 11.5 Å². The van der Waals surface area contributed by atoms with Gasteiger partial charge in [0.15, 0.2) is 0 Å². The second-order valence-electron chi connectivity index (χ2n) is 17.7. The maximum Gasteiger partial charge on any atom is 0.220 e. The Hall–Kier alpha value is -3.02. The van der Waals surface area contributed by atoms with Gasteiger partial charge in [-0.2, -0.15) is 0 Å². The zero-order valence-corrected chi connectivity index (χ0v) is 31.0. The lowest BCUT2D eigenvalue weighted by atomic mass is 9.77. The van der Waals surface area contributed by atoms with Crippen molar-refractivity contribution in [3.63, 3.8) is 0 Å². The van der Waals surface area contributed by atoms with E-state index in [1.165, 1.54) is 0 Å². The van der Waals surface area contributed by atoms with Gasteiger partial charge in [0.1, 0.15) is 11.5 Å². The number of carbonyl (C=O) groups is 2. The van der Waals surface area contributed by atoms with Crippen LogP contribution in [0.1, 0.15) is 155 Å². The lowest BCUT2D eigenvalue weighted by Gasteiger charge is -2.29. The molecular formula is C40H64N2O4. The third-order valence-corrected chi connectivity index (χ3v) is 9.20. The molecule has 0 saturated carbocycles. The van der Waals surface area contributed by atoms with Crippen molar-refractivity contribution in [3.05, 3.63) is 57.6 Å². The summed E-state index contributed by atoms with van der Waals surface area (Å²) < 4.78 is 0. The van der Waals surface area contributed by atoms with Crippen molar-refractivity contribution >= 4 is 11.8 Å². The van der Waals surface area contributed by atoms with Crippen LogP contribution in [-0.2, 0) is 44.1 Å². The van der Waals surface area contributed by atoms with Crippen molar-refractivity contribution in [2.75, 3.05) is 0 Å². The molecule has 46 heavy (non-hydrogen) atoms. The molecule has 0 aromatic heterocycles. The highest BCUT2D eigenvalue weighted by molar-refractivity contribution is 5.77. The number of hydrogen-bond acceptors (Lipinski definition) is 4. The number of phenols is 2. The van der Waals surface area contributed by atoms with E-state index in [1.807, 2.05) is 24.3 Å². The summed E-state index contributed by atoms with van der Waals surface area (Å²) >= 11 is 0. The molecule has 2 amide bonds. The van der Waals surface area contributed by atoms with Gasteiger partial charge in [-0.3, -0.25) is 9.59 Å². The molecule has 6 nitrogen and oxygen atoms in total. The number of benzene rings is 2. The molecule has 2 atom stereocenters. The first-order chi connectivity index (χ1) is 20.8. The van der Waals surface area contributed by atoms with Crippen LogP contribution in [0.3, 0.4) is 0 Å². The first kappa shape index (κ1) is 39.2. The van der Waals surface area contributed by atoms with Gasteiger partial charge in [-0.1, -0.05) is 133 Å². The molecule has 6 heteroatoms. The van der Waals surface area contributed by atoms with Crippen LogP contribution in [0.2, 0.25) is 0 Å². The van der Waals surface area contributed by atoms with Gasteiger partial charge in [0, 0.05) is 11.8 Å². The minimum Gasteiger partial charge on any atom is -0.507 e. The van der Waals surface area contributed by atoms with E-state index in [-0.39, 0.29) is 45.3 Å². The van der Waals surface area contributed by atoms with E-state index in [9.17, 15) is 19.8 Å². The summed E-state index contributed by atoms with van der Waals surface area (Å²) in [6.45, 7) is 25.0. The number of nitrogens with two attached hydrogens (primary N) is 2. The molecule has 258 valence electrons. The first-order valence-corrected chi connectivity index (χ1v) is 17.2. The monoisotopic (exact) mass is 636 g/mol. The smallest absolute Gasteiger partial charge is 0.220 e. The number of phenolic OH excluding ortho intramolecular Hbond substituents is 2. The van der Waals surface area contributed by atoms with Gasteiger partial charge in [0.2, 0.25) is 11.8 Å². The summed E-state index contributed by atoms with van der Waals surface area (Å²) in [4.78, 5) is 25.0. The average Bonchev–Trinajstić information content (AvgIpc) is 2.87. The van der Waals surface area contributed by atoms with E-state index in [2.05, 4.69) is 83.1 Å². The van der Waals surface area contributed by atoms with Crippen LogP contribution in [0, 0.1) is 11.8 Å². The fraction of sp³-hybridized carbons (Fsp3) is 0.650. The highest BCUT2D eigenvalue weighted by Crippen LogP contribution is 2.42. The second kappa shape index (κ2) is 14.8. The Morgan fingerprint density at radius 3 is 0.957 bits per heavy atom. The van der Waals surface area contributed by atoms with E-state index < -0.39 is 0 Å². The molecule has 2 aromatic carbocycles. The molecular weight excluding hydrogens is 572 g/mol. The molecule has 2 unspecified atom stereocenters. The van der Waals surface area contributed by atoms with Crippen molar-refractivity contribution in [1.82, 2.24) is 0 Å². The number of carbonyl (C=O) groups excluding carboxylic acids is 2. The highest BCUT2D eigenvalue weighted by Gasteiger charge is 2.29. The fourth-order valence-electron chi connectivity index (χ4n) is 6.30. The lowest BCUT2D eigenvalue weighted by molar-refractivity contribution is -0.122. The standard InChI is InChI=1S/C40H64N2O4/c1-37(2,3)29-21-25(22-30(33(29)43)38(4,5)6)19-27(35(41)45)17-15-13-14-16-18-28(36(42)46)20-26-23-31(39(7,8)9)34(44)32(24-26)40(10,11)12/h21-24,27-28,43-44H,13-20H2,1-12H3,(H2,41,45)(H2,42,46). The molecule has 0 saturated heterocycles. The number of aromatic hydroxyl groups is 2. The Morgan fingerprint density at radius 2 is 0.761 bits per heavy atom. The Labute approximate surface area is 279 Å². The van der Waals surface area contributed by atoms with Gasteiger partial charge in [0.25, 0.3) is 0 Å². The van der Waals surface area contributed by atoms with Crippen LogP contribution >= 0.6 is 0 Å². The van der Waals surface area contributed by atoms with E-state index in [0.29, 0.717) is 37.2 Å². The molecule has 0 heterocycles. The summed E-state index contributed by atoms with van der Waals surface area (Å²) in [5.74, 6) is -0.491. The normalized spacial score (nSPS) is 14.3. The SMILES string of the molecule is CC(C)(C)c1cc(CC(CCCCCCC(Cc2cc(C(C)(C)C)c(O)c(C(C)(C)C)c2)C(N)=O)C(N)=O)cc(C(C)(C)C)c1O. The Bertz CT molecular complexity index is 1190. The Morgan fingerprint density at radius 1 is 0.522 bits per heavy atom. The summed E-state index contributed by atoms with van der Waals surface area (Å²) in [6.07, 6.45) is 6.10. The molecule has 6 N–H and O–H groups in total. The maximum atomic E-state index is 12.5. The summed E-state index contributed by atoms with van der Waals surface area (Å²) in [5, 5.41) is 22.2. The van der Waals surface area contributed by atoms with Gasteiger partial charge in [-0.25, -0.2) is 0 Å². The maximum absolute atomic E-state index is 12.5. The van der Waals surface area contributed by atoms with Crippen molar-refractivity contribution in [1.29, 1.82) is 0 Å². The summed E-state index contributed by atoms with van der Waals surface area (Å²) in [7, 11) is 0. The largest absolute Gasteiger partial charge is 0.507 e. The minimum absolute atomic E-state index is 0.239. The van der Waals surface area contributed by atoms with Gasteiger partial charge in [-0.15, -0.1) is 0 Å². The van der Waals surface area contributed by atoms with Crippen molar-refractivity contribution in [3.8, 4) is 11.5 Å². The average molecular weight is 637 g/mol. The Balaban J connectivity index is 2.06. The van der Waals surface area contributed by atoms with Crippen molar-refractivity contribution < 1.29 is 19.8 Å². The third-order valence-electron chi connectivity index (χ3n) is 9.20. The van der Waals surface area contributed by atoms with Crippen molar-refractivity contribution in [2.24, 2.45) is 23.3 Å². The van der Waals surface area contributed by atoms with Crippen molar-refractivity contribution in [2.45, 2.75) is 156 Å². The molecule has 0 aliphatic rings. The predicted octanol–water partition coefficient (Wildman–Crippen LogP) is 8.62. The lowest BCUT2D eigenvalue weighted by Crippen LogP contribution is -2.26. The van der Waals surface area contributed by atoms with E-state index >= 15 is 0 Å². The molecule has 0 radical (unpaired) electrons. The summed E-state index contributed by atoms with van der Waals surface area (Å²) in [5.41, 5.74) is 16.4. The van der Waals surface area contributed by atoms with Crippen LogP contribution in [0.4, 0.5) is 0 Å². The van der Waals surface area contributed by atoms with Crippen LogP contribution in [0.25, 0.3) is 0 Å². The van der Waals surface area contributed by atoms with E-state index in [1.54, 1.807) is 0 Å². The number of primary amides is 2. The zero-order chi connectivity index (χ0) is 35.4. The van der Waals surface area contributed by atoms with Crippen LogP contribution in [-0.4, -0.2) is 22.0 Å². The molecule has 0 spiro atoms.